The maximum Gasteiger partial charge on any atom is 0.350 e. The van der Waals surface area contributed by atoms with Crippen LogP contribution in [0.25, 0.3) is 0 Å². The lowest BCUT2D eigenvalue weighted by atomic mass is 10.1. The van der Waals surface area contributed by atoms with Gasteiger partial charge in [-0.3, -0.25) is 15.0 Å². The van der Waals surface area contributed by atoms with Crippen molar-refractivity contribution in [2.45, 2.75) is 32.9 Å². The maximum absolute atomic E-state index is 12.1. The van der Waals surface area contributed by atoms with Crippen molar-refractivity contribution in [2.24, 2.45) is 11.7 Å². The molecule has 116 valence electrons. The van der Waals surface area contributed by atoms with Crippen LogP contribution in [0.3, 0.4) is 0 Å². The van der Waals surface area contributed by atoms with Gasteiger partial charge < -0.3 is 15.8 Å². The van der Waals surface area contributed by atoms with Gasteiger partial charge >= 0.3 is 5.97 Å². The zero-order valence-electron chi connectivity index (χ0n) is 12.1. The predicted molar refractivity (Wildman–Crippen MR) is 74.9 cm³/mol. The third-order valence-corrected chi connectivity index (χ3v) is 3.23. The second kappa shape index (κ2) is 7.41. The van der Waals surface area contributed by atoms with Crippen molar-refractivity contribution in [1.29, 1.82) is 5.41 Å². The van der Waals surface area contributed by atoms with Crippen LogP contribution in [0, 0.1) is 11.3 Å². The van der Waals surface area contributed by atoms with Gasteiger partial charge in [0, 0.05) is 12.2 Å². The van der Waals surface area contributed by atoms with Crippen molar-refractivity contribution in [1.82, 2.24) is 10.2 Å². The van der Waals surface area contributed by atoms with E-state index >= 15 is 0 Å². The first-order valence-electron chi connectivity index (χ1n) is 6.73. The van der Waals surface area contributed by atoms with Crippen molar-refractivity contribution in [3.8, 4) is 0 Å². The van der Waals surface area contributed by atoms with Gasteiger partial charge in [-0.15, -0.1) is 0 Å². The van der Waals surface area contributed by atoms with Gasteiger partial charge in [-0.1, -0.05) is 26.7 Å². The molecule has 1 rings (SSSR count). The fraction of sp³-hybridized carbons (Fsp3) is 0.538. The fourth-order valence-corrected chi connectivity index (χ4v) is 1.85. The summed E-state index contributed by atoms with van der Waals surface area (Å²) in [5.41, 5.74) is 5.19. The summed E-state index contributed by atoms with van der Waals surface area (Å²) < 4.78 is 5.13. The van der Waals surface area contributed by atoms with Gasteiger partial charge in [-0.2, -0.15) is 0 Å². The molecule has 4 N–H and O–H groups in total. The minimum atomic E-state index is -1.42. The third-order valence-electron chi connectivity index (χ3n) is 3.23. The molecule has 8 nitrogen and oxygen atoms in total. The molecule has 0 aromatic rings. The van der Waals surface area contributed by atoms with E-state index in [1.807, 2.05) is 13.8 Å². The summed E-state index contributed by atoms with van der Waals surface area (Å²) in [5, 5.41) is 9.46. The Hall–Kier alpha value is -2.38. The van der Waals surface area contributed by atoms with Gasteiger partial charge in [-0.05, 0) is 5.92 Å². The highest BCUT2D eigenvalue weighted by molar-refractivity contribution is 6.15. The number of imide groups is 1. The lowest BCUT2D eigenvalue weighted by Gasteiger charge is -2.26. The number of hydrogen-bond acceptors (Lipinski definition) is 5. The number of esters is 1. The molecule has 1 aliphatic rings. The number of carbonyl (C=O) groups excluding carboxylic acids is 3. The van der Waals surface area contributed by atoms with Crippen LogP contribution in [0.15, 0.2) is 12.2 Å². The van der Waals surface area contributed by atoms with Gasteiger partial charge in [-0.25, -0.2) is 9.69 Å². The zero-order valence-corrected chi connectivity index (χ0v) is 12.1. The molecule has 0 saturated heterocycles. The minimum absolute atomic E-state index is 0.186. The molecule has 8 heteroatoms. The van der Waals surface area contributed by atoms with Crippen LogP contribution in [0.2, 0.25) is 0 Å². The number of nitrogens with one attached hydrogen (secondary N) is 2. The molecule has 1 atom stereocenters. The van der Waals surface area contributed by atoms with Gasteiger partial charge in [0.2, 0.25) is 6.17 Å². The van der Waals surface area contributed by atoms with Crippen molar-refractivity contribution < 1.29 is 19.1 Å². The first kappa shape index (κ1) is 16.7. The minimum Gasteiger partial charge on any atom is -0.462 e. The largest absolute Gasteiger partial charge is 0.462 e. The Morgan fingerprint density at radius 3 is 2.29 bits per heavy atom. The molecule has 1 aliphatic heterocycles. The van der Waals surface area contributed by atoms with Crippen molar-refractivity contribution in [2.75, 3.05) is 6.61 Å². The normalized spacial score (nSPS) is 15.5. The van der Waals surface area contributed by atoms with E-state index in [-0.39, 0.29) is 12.5 Å². The van der Waals surface area contributed by atoms with E-state index in [9.17, 15) is 14.4 Å². The Labute approximate surface area is 122 Å². The summed E-state index contributed by atoms with van der Waals surface area (Å²) in [6, 6.07) is 0. The van der Waals surface area contributed by atoms with Crippen LogP contribution in [0.4, 0.5) is 0 Å². The molecule has 21 heavy (non-hydrogen) atoms. The number of hydrogen-bond donors (Lipinski definition) is 3. The van der Waals surface area contributed by atoms with Gasteiger partial charge in [0.1, 0.15) is 0 Å². The van der Waals surface area contributed by atoms with Crippen LogP contribution in [-0.4, -0.2) is 41.4 Å². The van der Waals surface area contributed by atoms with Crippen molar-refractivity contribution >= 4 is 23.7 Å². The first-order chi connectivity index (χ1) is 9.90. The van der Waals surface area contributed by atoms with Crippen LogP contribution < -0.4 is 11.1 Å². The third kappa shape index (κ3) is 4.30. The van der Waals surface area contributed by atoms with Crippen molar-refractivity contribution in [3.63, 3.8) is 0 Å². The average Bonchev–Trinajstić information content (AvgIpc) is 2.76. The zero-order chi connectivity index (χ0) is 16.0. The van der Waals surface area contributed by atoms with Gasteiger partial charge in [0.25, 0.3) is 11.8 Å². The van der Waals surface area contributed by atoms with E-state index in [2.05, 4.69) is 5.32 Å². The summed E-state index contributed by atoms with van der Waals surface area (Å²) in [7, 11) is 0. The molecule has 2 amide bonds. The molecule has 0 bridgehead atoms. The topological polar surface area (TPSA) is 126 Å². The molecule has 0 fully saturated rings. The first-order valence-corrected chi connectivity index (χ1v) is 6.73. The Morgan fingerprint density at radius 1 is 1.33 bits per heavy atom. The molecule has 0 saturated carbocycles. The van der Waals surface area contributed by atoms with Crippen LogP contribution in [0.1, 0.15) is 26.7 Å². The maximum atomic E-state index is 12.1. The summed E-state index contributed by atoms with van der Waals surface area (Å²) in [5.74, 6) is -2.46. The lowest BCUT2D eigenvalue weighted by Crippen LogP contribution is -2.57. The quantitative estimate of drug-likeness (QED) is 0.256. The Morgan fingerprint density at radius 2 is 1.86 bits per heavy atom. The molecular formula is C13H20N4O4. The summed E-state index contributed by atoms with van der Waals surface area (Å²) in [4.78, 5) is 36.0. The van der Waals surface area contributed by atoms with Crippen LogP contribution in [-0.2, 0) is 19.1 Å². The highest BCUT2D eigenvalue weighted by atomic mass is 16.5. The molecule has 1 heterocycles. The lowest BCUT2D eigenvalue weighted by molar-refractivity contribution is -0.159. The van der Waals surface area contributed by atoms with E-state index in [1.165, 1.54) is 0 Å². The van der Waals surface area contributed by atoms with E-state index < -0.39 is 29.9 Å². The van der Waals surface area contributed by atoms with Crippen LogP contribution in [0.5, 0.6) is 0 Å². The van der Waals surface area contributed by atoms with Gasteiger partial charge in [0.05, 0.1) is 6.61 Å². The molecule has 0 aliphatic carbocycles. The highest BCUT2D eigenvalue weighted by Gasteiger charge is 2.37. The predicted octanol–water partition coefficient (Wildman–Crippen LogP) is -0.300. The Balaban J connectivity index is 2.78. The second-order valence-electron chi connectivity index (χ2n) is 4.65. The van der Waals surface area contributed by atoms with E-state index in [0.29, 0.717) is 4.90 Å². The number of nitrogens with zero attached hydrogens (tertiary/aromatic N) is 1. The number of ether oxygens (including phenoxy) is 1. The molecule has 1 unspecified atom stereocenters. The molecule has 0 spiro atoms. The molecule has 0 aromatic heterocycles. The van der Waals surface area contributed by atoms with Gasteiger partial charge in [0.15, 0.2) is 5.96 Å². The second-order valence-corrected chi connectivity index (χ2v) is 4.65. The SMILES string of the molecule is CCC(CC)COC(=O)C(NC(=N)N)N1C(=O)C=CC1=O. The average molecular weight is 296 g/mol. The summed E-state index contributed by atoms with van der Waals surface area (Å²) in [6.07, 6.45) is 2.36. The van der Waals surface area contributed by atoms with Crippen LogP contribution >= 0.6 is 0 Å². The highest BCUT2D eigenvalue weighted by Crippen LogP contribution is 2.12. The Kier molecular flexibility index (Phi) is 5.89. The molecule has 0 radical (unpaired) electrons. The van der Waals surface area contributed by atoms with E-state index in [0.717, 1.165) is 25.0 Å². The van der Waals surface area contributed by atoms with E-state index in [4.69, 9.17) is 15.9 Å². The van der Waals surface area contributed by atoms with E-state index in [1.54, 1.807) is 0 Å². The number of rotatable bonds is 7. The monoisotopic (exact) mass is 296 g/mol. The standard InChI is InChI=1S/C13H20N4O4/c1-3-8(4-2)7-21-12(20)11(16-13(14)15)17-9(18)5-6-10(17)19/h5-6,8,11H,3-4,7H2,1-2H3,(H4,14,15,16). The summed E-state index contributed by atoms with van der Waals surface area (Å²) in [6.45, 7) is 4.14. The smallest absolute Gasteiger partial charge is 0.350 e. The number of amides is 2. The Bertz CT molecular complexity index is 453. The molecular weight excluding hydrogens is 276 g/mol. The summed E-state index contributed by atoms with van der Waals surface area (Å²) >= 11 is 0. The fourth-order valence-electron chi connectivity index (χ4n) is 1.85. The number of guanidine groups is 1. The number of carbonyl (C=O) groups is 3. The van der Waals surface area contributed by atoms with Crippen molar-refractivity contribution in [3.05, 3.63) is 12.2 Å². The number of nitrogens with two attached hydrogens (primary N) is 1. The molecule has 0 aromatic carbocycles.